The minimum Gasteiger partial charge on any atom is -0.481 e. The second kappa shape index (κ2) is 13.9. The van der Waals surface area contributed by atoms with E-state index < -0.39 is 71.9 Å². The third-order valence-electron chi connectivity index (χ3n) is 7.23. The van der Waals surface area contributed by atoms with E-state index in [1.807, 2.05) is 13.8 Å². The van der Waals surface area contributed by atoms with Gasteiger partial charge in [-0.2, -0.15) is 0 Å². The average molecular weight is 525 g/mol. The van der Waals surface area contributed by atoms with Crippen molar-refractivity contribution >= 4 is 35.6 Å². The van der Waals surface area contributed by atoms with Crippen molar-refractivity contribution in [3.8, 4) is 0 Å². The quantitative estimate of drug-likeness (QED) is 0.188. The van der Waals surface area contributed by atoms with Crippen molar-refractivity contribution in [2.45, 2.75) is 96.2 Å². The van der Waals surface area contributed by atoms with E-state index in [2.05, 4.69) is 16.0 Å². The third-order valence-corrected chi connectivity index (χ3v) is 7.23. The van der Waals surface area contributed by atoms with Crippen LogP contribution in [0.2, 0.25) is 0 Å². The molecule has 0 aromatic carbocycles. The Morgan fingerprint density at radius 3 is 1.84 bits per heavy atom. The van der Waals surface area contributed by atoms with Crippen LogP contribution in [0.3, 0.4) is 0 Å². The number of nitrogens with two attached hydrogens (primary N) is 1. The number of carboxylic acids is 2. The molecule has 0 aromatic rings. The van der Waals surface area contributed by atoms with Crippen molar-refractivity contribution in [2.75, 3.05) is 0 Å². The number of carboxylic acid groups (broad SMARTS) is 2. The summed E-state index contributed by atoms with van der Waals surface area (Å²) in [5, 5.41) is 26.1. The number of primary amides is 1. The Morgan fingerprint density at radius 2 is 1.35 bits per heavy atom. The summed E-state index contributed by atoms with van der Waals surface area (Å²) in [4.78, 5) is 73.6. The van der Waals surface area contributed by atoms with Crippen molar-refractivity contribution in [1.29, 1.82) is 0 Å². The number of hydrogen-bond acceptors (Lipinski definition) is 6. The molecule has 2 fully saturated rings. The molecule has 0 bridgehead atoms. The van der Waals surface area contributed by atoms with Gasteiger partial charge in [0.1, 0.15) is 18.1 Å². The van der Waals surface area contributed by atoms with Crippen LogP contribution in [0.15, 0.2) is 0 Å². The molecule has 0 spiro atoms. The van der Waals surface area contributed by atoms with E-state index in [0.29, 0.717) is 19.3 Å². The Labute approximate surface area is 216 Å². The zero-order chi connectivity index (χ0) is 27.7. The first-order chi connectivity index (χ1) is 17.4. The summed E-state index contributed by atoms with van der Waals surface area (Å²) in [5.41, 5.74) is 5.38. The summed E-state index contributed by atoms with van der Waals surface area (Å²) in [6, 6.07) is -3.59. The predicted molar refractivity (Wildman–Crippen MR) is 132 cm³/mol. The SMILES string of the molecule is CC(C)C[C@H](NC(=O)[C@H](CC(=O)O)NC(=O)[C@H](CC1CCCCC1)NC(=O)[C@@H]1CC[C@H]1C(=O)O)C(N)=O. The number of rotatable bonds is 14. The Kier molecular flexibility index (Phi) is 11.3. The van der Waals surface area contributed by atoms with E-state index in [4.69, 9.17) is 5.73 Å². The number of carbonyl (C=O) groups is 6. The molecule has 0 aromatic heterocycles. The van der Waals surface area contributed by atoms with Crippen LogP contribution < -0.4 is 21.7 Å². The lowest BCUT2D eigenvalue weighted by atomic mass is 9.73. The minimum atomic E-state index is -1.50. The second-order valence-electron chi connectivity index (χ2n) is 10.7. The van der Waals surface area contributed by atoms with Crippen LogP contribution in [0.4, 0.5) is 0 Å². The van der Waals surface area contributed by atoms with Crippen molar-refractivity contribution in [3.63, 3.8) is 0 Å². The maximum atomic E-state index is 13.3. The Bertz CT molecular complexity index is 871. The van der Waals surface area contributed by atoms with Gasteiger partial charge in [-0.05, 0) is 37.5 Å². The van der Waals surface area contributed by atoms with Crippen LogP contribution in [0.1, 0.15) is 78.1 Å². The molecule has 0 radical (unpaired) electrons. The monoisotopic (exact) mass is 524 g/mol. The van der Waals surface area contributed by atoms with E-state index in [0.717, 1.165) is 32.1 Å². The van der Waals surface area contributed by atoms with Crippen molar-refractivity contribution in [2.24, 2.45) is 29.4 Å². The maximum absolute atomic E-state index is 13.3. The first-order valence-corrected chi connectivity index (χ1v) is 13.0. The molecule has 4 amide bonds. The van der Waals surface area contributed by atoms with Gasteiger partial charge in [0.05, 0.1) is 18.3 Å². The number of nitrogens with one attached hydrogen (secondary N) is 3. The molecule has 12 heteroatoms. The largest absolute Gasteiger partial charge is 0.481 e. The summed E-state index contributed by atoms with van der Waals surface area (Å²) in [6.45, 7) is 3.66. The molecular weight excluding hydrogens is 484 g/mol. The number of amides is 4. The van der Waals surface area contributed by atoms with Crippen molar-refractivity contribution < 1.29 is 39.0 Å². The highest BCUT2D eigenvalue weighted by atomic mass is 16.4. The molecule has 208 valence electrons. The summed E-state index contributed by atoms with van der Waals surface area (Å²) >= 11 is 0. The molecular formula is C25H40N4O8. The van der Waals surface area contributed by atoms with E-state index in [1.165, 1.54) is 0 Å². The van der Waals surface area contributed by atoms with Gasteiger partial charge in [0.15, 0.2) is 0 Å². The third kappa shape index (κ3) is 9.32. The number of hydrogen-bond donors (Lipinski definition) is 6. The molecule has 2 saturated carbocycles. The first kappa shape index (κ1) is 30.0. The fraction of sp³-hybridized carbons (Fsp3) is 0.760. The lowest BCUT2D eigenvalue weighted by molar-refractivity contribution is -0.153. The van der Waals surface area contributed by atoms with Gasteiger partial charge < -0.3 is 31.9 Å². The minimum absolute atomic E-state index is 0.0153. The molecule has 2 aliphatic carbocycles. The molecule has 5 atom stereocenters. The van der Waals surface area contributed by atoms with Crippen molar-refractivity contribution in [1.82, 2.24) is 16.0 Å². The summed E-state index contributed by atoms with van der Waals surface area (Å²) in [6.07, 6.45) is 5.38. The van der Waals surface area contributed by atoms with Gasteiger partial charge in [-0.25, -0.2) is 0 Å². The average Bonchev–Trinajstić information content (AvgIpc) is 2.76. The second-order valence-corrected chi connectivity index (χ2v) is 10.7. The zero-order valence-corrected chi connectivity index (χ0v) is 21.5. The van der Waals surface area contributed by atoms with E-state index >= 15 is 0 Å². The van der Waals surface area contributed by atoms with Crippen LogP contribution in [-0.4, -0.2) is 63.9 Å². The molecule has 0 aliphatic heterocycles. The van der Waals surface area contributed by atoms with E-state index in [-0.39, 0.29) is 18.3 Å². The molecule has 0 saturated heterocycles. The number of carbonyl (C=O) groups excluding carboxylic acids is 4. The topological polar surface area (TPSA) is 205 Å². The summed E-state index contributed by atoms with van der Waals surface area (Å²) in [5.74, 6) is -6.72. The summed E-state index contributed by atoms with van der Waals surface area (Å²) in [7, 11) is 0. The van der Waals surface area contributed by atoms with Gasteiger partial charge >= 0.3 is 11.9 Å². The normalized spacial score (nSPS) is 22.1. The van der Waals surface area contributed by atoms with Gasteiger partial charge in [-0.1, -0.05) is 46.0 Å². The highest BCUT2D eigenvalue weighted by Gasteiger charge is 2.43. The highest BCUT2D eigenvalue weighted by Crippen LogP contribution is 2.35. The molecule has 12 nitrogen and oxygen atoms in total. The van der Waals surface area contributed by atoms with E-state index in [9.17, 15) is 39.0 Å². The molecule has 0 unspecified atom stereocenters. The van der Waals surface area contributed by atoms with Crippen LogP contribution >= 0.6 is 0 Å². The fourth-order valence-corrected chi connectivity index (χ4v) is 5.02. The standard InChI is InChI=1S/C25H40N4O8/c1-13(2)10-17(21(26)32)27-24(35)19(12-20(30)31)29-23(34)18(11-14-6-4-3-5-7-14)28-22(33)15-8-9-16(15)25(36)37/h13-19H,3-12H2,1-2H3,(H2,26,32)(H,27,35)(H,28,33)(H,29,34)(H,30,31)(H,36,37)/t15-,16-,17+,18+,19+/m1/s1. The van der Waals surface area contributed by atoms with Crippen LogP contribution in [0, 0.1) is 23.7 Å². The zero-order valence-electron chi connectivity index (χ0n) is 21.5. The van der Waals surface area contributed by atoms with E-state index in [1.54, 1.807) is 0 Å². The number of aliphatic carboxylic acids is 2. The molecule has 0 heterocycles. The molecule has 2 rings (SSSR count). The van der Waals surface area contributed by atoms with Crippen LogP contribution in [0.5, 0.6) is 0 Å². The smallest absolute Gasteiger partial charge is 0.307 e. The molecule has 7 N–H and O–H groups in total. The van der Waals surface area contributed by atoms with Gasteiger partial charge in [0, 0.05) is 0 Å². The van der Waals surface area contributed by atoms with Crippen molar-refractivity contribution in [3.05, 3.63) is 0 Å². The highest BCUT2D eigenvalue weighted by molar-refractivity contribution is 5.96. The maximum Gasteiger partial charge on any atom is 0.307 e. The predicted octanol–water partition coefficient (Wildman–Crippen LogP) is 0.528. The first-order valence-electron chi connectivity index (χ1n) is 13.0. The van der Waals surface area contributed by atoms with Gasteiger partial charge in [0.2, 0.25) is 23.6 Å². The Morgan fingerprint density at radius 1 is 0.784 bits per heavy atom. The molecule has 2 aliphatic rings. The van der Waals surface area contributed by atoms with Crippen LogP contribution in [0.25, 0.3) is 0 Å². The van der Waals surface area contributed by atoms with Crippen LogP contribution in [-0.2, 0) is 28.8 Å². The fourth-order valence-electron chi connectivity index (χ4n) is 5.02. The Hall–Kier alpha value is -3.18. The lowest BCUT2D eigenvalue weighted by Gasteiger charge is -2.34. The van der Waals surface area contributed by atoms with Gasteiger partial charge in [-0.15, -0.1) is 0 Å². The lowest BCUT2D eigenvalue weighted by Crippen LogP contribution is -2.58. The van der Waals surface area contributed by atoms with Gasteiger partial charge in [0.25, 0.3) is 0 Å². The molecule has 37 heavy (non-hydrogen) atoms. The summed E-state index contributed by atoms with van der Waals surface area (Å²) < 4.78 is 0. The Balaban J connectivity index is 2.16. The van der Waals surface area contributed by atoms with Gasteiger partial charge in [-0.3, -0.25) is 28.8 Å².